The van der Waals surface area contributed by atoms with Crippen LogP contribution in [0.15, 0.2) is 30.5 Å². The highest BCUT2D eigenvalue weighted by molar-refractivity contribution is 6.62. The average molecular weight is 333 g/mol. The highest BCUT2D eigenvalue weighted by Gasteiger charge is 2.43. The molecule has 0 aromatic heterocycles. The van der Waals surface area contributed by atoms with Gasteiger partial charge in [-0.1, -0.05) is 12.6 Å². The maximum Gasteiger partial charge on any atom is 0.563 e. The Kier molecular flexibility index (Phi) is 5.13. The number of rotatable bonds is 4. The Hall–Kier alpha value is -2.15. The van der Waals surface area contributed by atoms with Gasteiger partial charge in [0.15, 0.2) is 0 Å². The number of hydrogen-bond donors (Lipinski definition) is 0. The lowest BCUT2D eigenvalue weighted by Gasteiger charge is -2.21. The molecule has 0 radical (unpaired) electrons. The smallest absolute Gasteiger partial charge is 0.534 e. The summed E-state index contributed by atoms with van der Waals surface area (Å²) in [5.74, 6) is 1.10. The van der Waals surface area contributed by atoms with Gasteiger partial charge in [-0.25, -0.2) is 4.79 Å². The number of carbonyl (C=O) groups excluding carboxylic acids is 1. The van der Waals surface area contributed by atoms with E-state index in [-0.39, 0.29) is 6.10 Å². The monoisotopic (exact) mass is 333 g/mol. The van der Waals surface area contributed by atoms with Crippen molar-refractivity contribution in [3.8, 4) is 5.75 Å². The molecule has 0 atom stereocenters. The largest absolute Gasteiger partial charge is 0.563 e. The molecule has 2 rings (SSSR count). The van der Waals surface area contributed by atoms with E-state index in [4.69, 9.17) is 18.8 Å². The fourth-order valence-corrected chi connectivity index (χ4v) is 2.26. The van der Waals surface area contributed by atoms with E-state index < -0.39 is 18.8 Å². The SMILES string of the molecule is C=C1OB(c2ccc(N(C)C(=O)OC(C)C)c(OC)c2)OC1(C)C. The van der Waals surface area contributed by atoms with Crippen LogP contribution in [0.3, 0.4) is 0 Å². The fourth-order valence-electron chi connectivity index (χ4n) is 2.26. The number of anilines is 1. The molecule has 1 fully saturated rings. The topological polar surface area (TPSA) is 57.2 Å². The second kappa shape index (κ2) is 6.77. The van der Waals surface area contributed by atoms with Gasteiger partial charge in [-0.15, -0.1) is 0 Å². The van der Waals surface area contributed by atoms with Gasteiger partial charge < -0.3 is 18.8 Å². The highest BCUT2D eigenvalue weighted by atomic mass is 16.7. The van der Waals surface area contributed by atoms with Crippen molar-refractivity contribution in [1.29, 1.82) is 0 Å². The summed E-state index contributed by atoms with van der Waals surface area (Å²) in [4.78, 5) is 13.5. The van der Waals surface area contributed by atoms with E-state index in [2.05, 4.69) is 6.58 Å². The van der Waals surface area contributed by atoms with E-state index in [0.717, 1.165) is 5.46 Å². The van der Waals surface area contributed by atoms with Gasteiger partial charge in [0.25, 0.3) is 0 Å². The van der Waals surface area contributed by atoms with Crippen LogP contribution >= 0.6 is 0 Å². The van der Waals surface area contributed by atoms with Crippen LogP contribution in [0.25, 0.3) is 0 Å². The Morgan fingerprint density at radius 1 is 1.38 bits per heavy atom. The van der Waals surface area contributed by atoms with Crippen LogP contribution < -0.4 is 15.1 Å². The summed E-state index contributed by atoms with van der Waals surface area (Å²) in [6.45, 7) is 11.3. The van der Waals surface area contributed by atoms with Crippen molar-refractivity contribution >= 4 is 24.4 Å². The van der Waals surface area contributed by atoms with E-state index in [1.165, 1.54) is 4.90 Å². The third-order valence-electron chi connectivity index (χ3n) is 3.77. The van der Waals surface area contributed by atoms with E-state index in [9.17, 15) is 4.79 Å². The highest BCUT2D eigenvalue weighted by Crippen LogP contribution is 2.31. The Labute approximate surface area is 143 Å². The second-order valence-corrected chi connectivity index (χ2v) is 6.42. The normalized spacial score (nSPS) is 16.1. The number of methoxy groups -OCH3 is 1. The van der Waals surface area contributed by atoms with E-state index in [0.29, 0.717) is 17.2 Å². The number of ether oxygens (including phenoxy) is 2. The van der Waals surface area contributed by atoms with Gasteiger partial charge in [0.05, 0.1) is 24.7 Å². The third kappa shape index (κ3) is 3.67. The second-order valence-electron chi connectivity index (χ2n) is 6.42. The van der Waals surface area contributed by atoms with Crippen molar-refractivity contribution in [1.82, 2.24) is 0 Å². The van der Waals surface area contributed by atoms with Crippen LogP contribution in [0.2, 0.25) is 0 Å². The van der Waals surface area contributed by atoms with Crippen LogP contribution in [0.1, 0.15) is 27.7 Å². The summed E-state index contributed by atoms with van der Waals surface area (Å²) in [7, 11) is 2.63. The van der Waals surface area contributed by atoms with E-state index in [1.807, 2.05) is 19.9 Å². The molecule has 0 N–H and O–H groups in total. The quantitative estimate of drug-likeness (QED) is 0.793. The molecular weight excluding hydrogens is 309 g/mol. The number of amides is 1. The molecular formula is C17H24BNO5. The average Bonchev–Trinajstić information content (AvgIpc) is 2.78. The van der Waals surface area contributed by atoms with Crippen molar-refractivity contribution in [2.45, 2.75) is 39.4 Å². The first kappa shape index (κ1) is 18.2. The summed E-state index contributed by atoms with van der Waals surface area (Å²) in [6, 6.07) is 5.39. The van der Waals surface area contributed by atoms with Crippen LogP contribution in [0.4, 0.5) is 10.5 Å². The molecule has 7 heteroatoms. The molecule has 130 valence electrons. The molecule has 1 aliphatic rings. The van der Waals surface area contributed by atoms with Gasteiger partial charge in [-0.3, -0.25) is 4.90 Å². The minimum Gasteiger partial charge on any atom is -0.534 e. The maximum absolute atomic E-state index is 12.1. The first-order valence-corrected chi connectivity index (χ1v) is 7.82. The summed E-state index contributed by atoms with van der Waals surface area (Å²) >= 11 is 0. The molecule has 1 amide bonds. The lowest BCUT2D eigenvalue weighted by atomic mass is 9.79. The summed E-state index contributed by atoms with van der Waals surface area (Å²) in [5.41, 5.74) is 0.838. The number of carbonyl (C=O) groups is 1. The molecule has 0 bridgehead atoms. The molecule has 24 heavy (non-hydrogen) atoms. The zero-order valence-electron chi connectivity index (χ0n) is 15.1. The first-order chi connectivity index (χ1) is 11.2. The van der Waals surface area contributed by atoms with Crippen molar-refractivity contribution in [2.24, 2.45) is 0 Å². The summed E-state index contributed by atoms with van der Waals surface area (Å²) in [5, 5.41) is 0. The summed E-state index contributed by atoms with van der Waals surface area (Å²) in [6.07, 6.45) is -0.641. The van der Waals surface area contributed by atoms with Crippen molar-refractivity contribution in [2.75, 3.05) is 19.1 Å². The molecule has 0 aliphatic carbocycles. The Bertz CT molecular complexity index is 644. The predicted molar refractivity (Wildman–Crippen MR) is 93.8 cm³/mol. The van der Waals surface area contributed by atoms with Crippen LogP contribution in [0, 0.1) is 0 Å². The summed E-state index contributed by atoms with van der Waals surface area (Å²) < 4.78 is 22.2. The first-order valence-electron chi connectivity index (χ1n) is 7.82. The van der Waals surface area contributed by atoms with E-state index >= 15 is 0 Å². The molecule has 0 spiro atoms. The Balaban J connectivity index is 2.25. The zero-order chi connectivity index (χ0) is 18.1. The van der Waals surface area contributed by atoms with Gasteiger partial charge >= 0.3 is 13.2 Å². The van der Waals surface area contributed by atoms with Gasteiger partial charge in [-0.05, 0) is 39.8 Å². The van der Waals surface area contributed by atoms with Gasteiger partial charge in [0.2, 0.25) is 0 Å². The standard InChI is InChI=1S/C17H24BNO5/c1-11(2)22-16(20)19(6)14-9-8-13(10-15(14)21-7)18-23-12(3)17(4,5)24-18/h8-11H,3H2,1-2,4-7H3. The molecule has 6 nitrogen and oxygen atoms in total. The maximum atomic E-state index is 12.1. The molecule has 0 unspecified atom stereocenters. The predicted octanol–water partition coefficient (Wildman–Crippen LogP) is 2.71. The van der Waals surface area contributed by atoms with Crippen LogP contribution in [-0.4, -0.2) is 39.1 Å². The fraction of sp³-hybridized carbons (Fsp3) is 0.471. The van der Waals surface area contributed by atoms with Gasteiger partial charge in [0.1, 0.15) is 11.4 Å². The number of hydrogen-bond acceptors (Lipinski definition) is 5. The molecule has 0 saturated carbocycles. The molecule has 1 saturated heterocycles. The number of nitrogens with zero attached hydrogens (tertiary/aromatic N) is 1. The van der Waals surface area contributed by atoms with Crippen molar-refractivity contribution < 1.29 is 23.6 Å². The van der Waals surface area contributed by atoms with Crippen LogP contribution in [-0.2, 0) is 14.0 Å². The molecule has 1 aromatic carbocycles. The zero-order valence-corrected chi connectivity index (χ0v) is 15.1. The molecule has 1 heterocycles. The Morgan fingerprint density at radius 2 is 2.04 bits per heavy atom. The minimum atomic E-state index is -0.552. The lowest BCUT2D eigenvalue weighted by Crippen LogP contribution is -2.35. The van der Waals surface area contributed by atoms with Gasteiger partial charge in [0, 0.05) is 12.5 Å². The number of benzene rings is 1. The lowest BCUT2D eigenvalue weighted by molar-refractivity contribution is 0.123. The van der Waals surface area contributed by atoms with E-state index in [1.54, 1.807) is 40.1 Å². The third-order valence-corrected chi connectivity index (χ3v) is 3.77. The van der Waals surface area contributed by atoms with Crippen molar-refractivity contribution in [3.63, 3.8) is 0 Å². The molecule has 1 aromatic rings. The van der Waals surface area contributed by atoms with Gasteiger partial charge in [-0.2, -0.15) is 0 Å². The minimum absolute atomic E-state index is 0.196. The molecule has 1 aliphatic heterocycles. The van der Waals surface area contributed by atoms with Crippen LogP contribution in [0.5, 0.6) is 5.75 Å². The van der Waals surface area contributed by atoms with Crippen molar-refractivity contribution in [3.05, 3.63) is 30.5 Å². The Morgan fingerprint density at radius 3 is 2.54 bits per heavy atom.